The van der Waals surface area contributed by atoms with Crippen LogP contribution in [-0.2, 0) is 11.2 Å². The number of fused-ring (bicyclic) bond motifs is 1. The van der Waals surface area contributed by atoms with E-state index in [1.165, 1.54) is 10.5 Å². The smallest absolute Gasteiger partial charge is 0.226 e. The van der Waals surface area contributed by atoms with Gasteiger partial charge in [-0.2, -0.15) is 0 Å². The monoisotopic (exact) mass is 326 g/mol. The SMILES string of the molecule is Cc1ccc(SCCNC(=O)Cc2noc3ccccc23)cc1. The van der Waals surface area contributed by atoms with Crippen LogP contribution in [0.1, 0.15) is 11.3 Å². The Morgan fingerprint density at radius 2 is 1.96 bits per heavy atom. The summed E-state index contributed by atoms with van der Waals surface area (Å²) in [6.45, 7) is 2.70. The van der Waals surface area contributed by atoms with Crippen LogP contribution >= 0.6 is 11.8 Å². The molecule has 1 heterocycles. The fourth-order valence-electron chi connectivity index (χ4n) is 2.27. The summed E-state index contributed by atoms with van der Waals surface area (Å²) in [7, 11) is 0. The van der Waals surface area contributed by atoms with Crippen molar-refractivity contribution >= 4 is 28.6 Å². The zero-order valence-electron chi connectivity index (χ0n) is 12.9. The van der Waals surface area contributed by atoms with Crippen LogP contribution in [-0.4, -0.2) is 23.4 Å². The standard InChI is InChI=1S/C18H18N2O2S/c1-13-6-8-14(9-7-13)23-11-10-19-18(21)12-16-15-4-2-3-5-17(15)22-20-16/h2-9H,10-12H2,1H3,(H,19,21). The average molecular weight is 326 g/mol. The van der Waals surface area contributed by atoms with Crippen LogP contribution < -0.4 is 5.32 Å². The van der Waals surface area contributed by atoms with Crippen molar-refractivity contribution in [1.82, 2.24) is 10.5 Å². The molecule has 0 aliphatic heterocycles. The van der Waals surface area contributed by atoms with Gasteiger partial charge in [-0.15, -0.1) is 11.8 Å². The third-order valence-electron chi connectivity index (χ3n) is 3.49. The fourth-order valence-corrected chi connectivity index (χ4v) is 3.04. The number of para-hydroxylation sites is 1. The third kappa shape index (κ3) is 4.13. The van der Waals surface area contributed by atoms with Gasteiger partial charge in [0.1, 0.15) is 5.69 Å². The van der Waals surface area contributed by atoms with Gasteiger partial charge in [0.2, 0.25) is 5.91 Å². The predicted molar refractivity (Wildman–Crippen MR) is 92.6 cm³/mol. The Kier molecular flexibility index (Phi) is 4.98. The van der Waals surface area contributed by atoms with Crippen molar-refractivity contribution in [2.75, 3.05) is 12.3 Å². The molecule has 118 valence electrons. The van der Waals surface area contributed by atoms with Crippen LogP contribution in [0.3, 0.4) is 0 Å². The number of benzene rings is 2. The molecular weight excluding hydrogens is 308 g/mol. The van der Waals surface area contributed by atoms with E-state index >= 15 is 0 Å². The van der Waals surface area contributed by atoms with E-state index in [4.69, 9.17) is 4.52 Å². The Morgan fingerprint density at radius 1 is 1.17 bits per heavy atom. The van der Waals surface area contributed by atoms with Crippen molar-refractivity contribution in [3.63, 3.8) is 0 Å². The van der Waals surface area contributed by atoms with Gasteiger partial charge >= 0.3 is 0 Å². The molecule has 1 aromatic heterocycles. The van der Waals surface area contributed by atoms with E-state index in [0.717, 1.165) is 11.1 Å². The average Bonchev–Trinajstić information content (AvgIpc) is 2.96. The first-order valence-corrected chi connectivity index (χ1v) is 8.50. The maximum Gasteiger partial charge on any atom is 0.226 e. The zero-order valence-corrected chi connectivity index (χ0v) is 13.7. The molecular formula is C18H18N2O2S. The lowest BCUT2D eigenvalue weighted by atomic mass is 10.2. The van der Waals surface area contributed by atoms with Gasteiger partial charge in [-0.3, -0.25) is 4.79 Å². The molecule has 1 amide bonds. The van der Waals surface area contributed by atoms with Crippen molar-refractivity contribution in [3.8, 4) is 0 Å². The molecule has 4 nitrogen and oxygen atoms in total. The fraction of sp³-hybridized carbons (Fsp3) is 0.222. The van der Waals surface area contributed by atoms with E-state index in [2.05, 4.69) is 41.7 Å². The summed E-state index contributed by atoms with van der Waals surface area (Å²) in [6, 6.07) is 16.0. The van der Waals surface area contributed by atoms with E-state index in [9.17, 15) is 4.79 Å². The topological polar surface area (TPSA) is 55.1 Å². The number of carbonyl (C=O) groups is 1. The summed E-state index contributed by atoms with van der Waals surface area (Å²) in [5.74, 6) is 0.808. The predicted octanol–water partition coefficient (Wildman–Crippen LogP) is 3.59. The van der Waals surface area contributed by atoms with Crippen molar-refractivity contribution < 1.29 is 9.32 Å². The molecule has 5 heteroatoms. The van der Waals surface area contributed by atoms with Crippen LogP contribution in [0.5, 0.6) is 0 Å². The number of amides is 1. The largest absolute Gasteiger partial charge is 0.356 e. The van der Waals surface area contributed by atoms with Crippen molar-refractivity contribution in [1.29, 1.82) is 0 Å². The van der Waals surface area contributed by atoms with Crippen molar-refractivity contribution in [3.05, 3.63) is 59.8 Å². The van der Waals surface area contributed by atoms with Gasteiger partial charge in [0, 0.05) is 22.6 Å². The highest BCUT2D eigenvalue weighted by Gasteiger charge is 2.11. The first kappa shape index (κ1) is 15.6. The highest BCUT2D eigenvalue weighted by molar-refractivity contribution is 7.99. The summed E-state index contributed by atoms with van der Waals surface area (Å²) in [6.07, 6.45) is 0.242. The highest BCUT2D eigenvalue weighted by Crippen LogP contribution is 2.19. The van der Waals surface area contributed by atoms with E-state index in [1.807, 2.05) is 24.3 Å². The van der Waals surface area contributed by atoms with E-state index in [0.29, 0.717) is 17.8 Å². The number of nitrogens with zero attached hydrogens (tertiary/aromatic N) is 1. The molecule has 0 fully saturated rings. The Hall–Kier alpha value is -2.27. The molecule has 3 aromatic rings. The van der Waals surface area contributed by atoms with Gasteiger partial charge in [0.05, 0.1) is 6.42 Å². The lowest BCUT2D eigenvalue weighted by Crippen LogP contribution is -2.27. The number of rotatable bonds is 6. The summed E-state index contributed by atoms with van der Waals surface area (Å²) in [5, 5.41) is 7.80. The number of hydrogen-bond acceptors (Lipinski definition) is 4. The van der Waals surface area contributed by atoms with Gasteiger partial charge in [-0.25, -0.2) is 0 Å². The van der Waals surface area contributed by atoms with Crippen molar-refractivity contribution in [2.24, 2.45) is 0 Å². The first-order chi connectivity index (χ1) is 11.2. The third-order valence-corrected chi connectivity index (χ3v) is 4.51. The number of aromatic nitrogens is 1. The Labute approximate surface area is 139 Å². The number of carbonyl (C=O) groups excluding carboxylic acids is 1. The summed E-state index contributed by atoms with van der Waals surface area (Å²) < 4.78 is 5.21. The second-order valence-corrected chi connectivity index (χ2v) is 6.48. The first-order valence-electron chi connectivity index (χ1n) is 7.52. The van der Waals surface area contributed by atoms with Crippen LogP contribution in [0.2, 0.25) is 0 Å². The lowest BCUT2D eigenvalue weighted by Gasteiger charge is -2.04. The molecule has 0 bridgehead atoms. The second-order valence-electron chi connectivity index (χ2n) is 5.31. The lowest BCUT2D eigenvalue weighted by molar-refractivity contribution is -0.120. The molecule has 0 unspecified atom stereocenters. The van der Waals surface area contributed by atoms with E-state index < -0.39 is 0 Å². The zero-order chi connectivity index (χ0) is 16.1. The van der Waals surface area contributed by atoms with Crippen LogP contribution in [0, 0.1) is 6.92 Å². The minimum absolute atomic E-state index is 0.0337. The minimum atomic E-state index is -0.0337. The molecule has 0 saturated carbocycles. The molecule has 1 N–H and O–H groups in total. The van der Waals surface area contributed by atoms with Gasteiger partial charge in [-0.1, -0.05) is 35.0 Å². The van der Waals surface area contributed by atoms with E-state index in [1.54, 1.807) is 11.8 Å². The summed E-state index contributed by atoms with van der Waals surface area (Å²) in [5.41, 5.74) is 2.65. The summed E-state index contributed by atoms with van der Waals surface area (Å²) in [4.78, 5) is 13.2. The molecule has 0 atom stereocenters. The Morgan fingerprint density at radius 3 is 2.78 bits per heavy atom. The quantitative estimate of drug-likeness (QED) is 0.555. The Bertz CT molecular complexity index is 796. The number of hydrogen-bond donors (Lipinski definition) is 1. The van der Waals surface area contributed by atoms with Crippen LogP contribution in [0.25, 0.3) is 11.0 Å². The number of aryl methyl sites for hydroxylation is 1. The van der Waals surface area contributed by atoms with Gasteiger partial charge in [0.25, 0.3) is 0 Å². The molecule has 3 rings (SSSR count). The minimum Gasteiger partial charge on any atom is -0.356 e. The normalized spacial score (nSPS) is 10.8. The van der Waals surface area contributed by atoms with Gasteiger partial charge in [0.15, 0.2) is 5.58 Å². The molecule has 0 saturated heterocycles. The molecule has 0 aliphatic carbocycles. The number of thioether (sulfide) groups is 1. The van der Waals surface area contributed by atoms with Gasteiger partial charge in [-0.05, 0) is 31.2 Å². The molecule has 0 radical (unpaired) electrons. The molecule has 0 spiro atoms. The Balaban J connectivity index is 1.45. The van der Waals surface area contributed by atoms with Crippen molar-refractivity contribution in [2.45, 2.75) is 18.2 Å². The summed E-state index contributed by atoms with van der Waals surface area (Å²) >= 11 is 1.73. The van der Waals surface area contributed by atoms with Crippen LogP contribution in [0.4, 0.5) is 0 Å². The molecule has 2 aromatic carbocycles. The maximum absolute atomic E-state index is 12.0. The maximum atomic E-state index is 12.0. The van der Waals surface area contributed by atoms with E-state index in [-0.39, 0.29) is 12.3 Å². The second kappa shape index (κ2) is 7.33. The van der Waals surface area contributed by atoms with Crippen LogP contribution in [0.15, 0.2) is 57.9 Å². The van der Waals surface area contributed by atoms with Gasteiger partial charge < -0.3 is 9.84 Å². The molecule has 23 heavy (non-hydrogen) atoms. The molecule has 0 aliphatic rings. The number of nitrogens with one attached hydrogen (secondary N) is 1. The highest BCUT2D eigenvalue weighted by atomic mass is 32.2.